The van der Waals surface area contributed by atoms with Gasteiger partial charge >= 0.3 is 0 Å². The predicted octanol–water partition coefficient (Wildman–Crippen LogP) is 2.19. The first-order valence-electron chi connectivity index (χ1n) is 7.12. The molecule has 0 aliphatic heterocycles. The summed E-state index contributed by atoms with van der Waals surface area (Å²) in [6.45, 7) is -0.144. The van der Waals surface area contributed by atoms with E-state index in [1.807, 2.05) is 0 Å². The van der Waals surface area contributed by atoms with Crippen LogP contribution in [-0.2, 0) is 17.8 Å². The third kappa shape index (κ3) is 5.03. The Morgan fingerprint density at radius 2 is 1.74 bits per heavy atom. The lowest BCUT2D eigenvalue weighted by atomic mass is 10.1. The highest BCUT2D eigenvalue weighted by Gasteiger charge is 2.09. The van der Waals surface area contributed by atoms with E-state index in [9.17, 15) is 13.6 Å². The lowest BCUT2D eigenvalue weighted by Crippen LogP contribution is -2.30. The number of amides is 1. The molecular weight excluding hydrogens is 304 g/mol. The Morgan fingerprint density at radius 3 is 2.35 bits per heavy atom. The number of benzene rings is 2. The van der Waals surface area contributed by atoms with Gasteiger partial charge in [0.25, 0.3) is 5.91 Å². The number of hydrogen-bond acceptors (Lipinski definition) is 3. The molecule has 0 radical (unpaired) electrons. The Kier molecular flexibility index (Phi) is 6.05. The quantitative estimate of drug-likeness (QED) is 0.822. The van der Waals surface area contributed by atoms with Gasteiger partial charge in [-0.15, -0.1) is 0 Å². The number of ether oxygens (including phenoxy) is 1. The van der Waals surface area contributed by atoms with Crippen LogP contribution in [0, 0.1) is 11.6 Å². The fourth-order valence-electron chi connectivity index (χ4n) is 1.99. The first-order chi connectivity index (χ1) is 11.1. The first kappa shape index (κ1) is 16.9. The highest BCUT2D eigenvalue weighted by Crippen LogP contribution is 2.13. The van der Waals surface area contributed by atoms with Crippen LogP contribution in [0.3, 0.4) is 0 Å². The number of carbonyl (C=O) groups excluding carboxylic acids is 1. The highest BCUT2D eigenvalue weighted by molar-refractivity contribution is 5.77. The second-order valence-corrected chi connectivity index (χ2v) is 4.89. The summed E-state index contributed by atoms with van der Waals surface area (Å²) in [6, 6.07) is 10.3. The molecule has 4 nitrogen and oxygen atoms in total. The second-order valence-electron chi connectivity index (χ2n) is 4.89. The molecule has 2 N–H and O–H groups in total. The van der Waals surface area contributed by atoms with Crippen molar-refractivity contribution in [3.8, 4) is 5.75 Å². The summed E-state index contributed by atoms with van der Waals surface area (Å²) >= 11 is 0. The molecule has 23 heavy (non-hydrogen) atoms. The van der Waals surface area contributed by atoms with Crippen LogP contribution in [0.1, 0.15) is 11.1 Å². The Balaban J connectivity index is 1.74. The van der Waals surface area contributed by atoms with Crippen molar-refractivity contribution in [1.82, 2.24) is 5.32 Å². The van der Waals surface area contributed by atoms with Gasteiger partial charge in [0.05, 0.1) is 6.61 Å². The van der Waals surface area contributed by atoms with Crippen molar-refractivity contribution in [2.75, 3.05) is 13.2 Å². The van der Waals surface area contributed by atoms with Gasteiger partial charge in [-0.3, -0.25) is 4.79 Å². The fraction of sp³-hybridized carbons (Fsp3) is 0.235. The van der Waals surface area contributed by atoms with Crippen LogP contribution < -0.4 is 10.1 Å². The summed E-state index contributed by atoms with van der Waals surface area (Å²) in [5.41, 5.74) is 0.696. The van der Waals surface area contributed by atoms with Crippen LogP contribution in [0.4, 0.5) is 8.78 Å². The molecule has 0 aliphatic rings. The van der Waals surface area contributed by atoms with Crippen molar-refractivity contribution in [3.05, 3.63) is 65.2 Å². The molecular formula is C17H17F2NO3. The van der Waals surface area contributed by atoms with Gasteiger partial charge in [0.2, 0.25) is 0 Å². The summed E-state index contributed by atoms with van der Waals surface area (Å²) in [5.74, 6) is -1.13. The molecule has 2 aromatic carbocycles. The second kappa shape index (κ2) is 8.24. The van der Waals surface area contributed by atoms with E-state index in [-0.39, 0.29) is 37.6 Å². The lowest BCUT2D eigenvalue weighted by molar-refractivity contribution is -0.123. The number of aliphatic hydroxyl groups is 1. The van der Waals surface area contributed by atoms with E-state index in [0.29, 0.717) is 5.75 Å². The Morgan fingerprint density at radius 1 is 1.09 bits per heavy atom. The van der Waals surface area contributed by atoms with Crippen molar-refractivity contribution in [3.63, 3.8) is 0 Å². The van der Waals surface area contributed by atoms with E-state index in [0.717, 1.165) is 5.56 Å². The Bertz CT molecular complexity index is 639. The maximum Gasteiger partial charge on any atom is 0.257 e. The van der Waals surface area contributed by atoms with Crippen molar-refractivity contribution in [2.24, 2.45) is 0 Å². The molecule has 2 rings (SSSR count). The maximum absolute atomic E-state index is 13.4. The third-order valence-electron chi connectivity index (χ3n) is 3.23. The molecule has 1 amide bonds. The molecule has 0 unspecified atom stereocenters. The molecule has 2 aromatic rings. The van der Waals surface area contributed by atoms with Gasteiger partial charge in [-0.25, -0.2) is 8.78 Å². The minimum Gasteiger partial charge on any atom is -0.484 e. The number of carbonyl (C=O) groups is 1. The van der Waals surface area contributed by atoms with Crippen LogP contribution in [-0.4, -0.2) is 24.2 Å². The highest BCUT2D eigenvalue weighted by atomic mass is 19.1. The van der Waals surface area contributed by atoms with Gasteiger partial charge in [0.15, 0.2) is 6.61 Å². The minimum absolute atomic E-state index is 0.0479. The first-order valence-corrected chi connectivity index (χ1v) is 7.12. The zero-order valence-electron chi connectivity index (χ0n) is 12.4. The summed E-state index contributed by atoms with van der Waals surface area (Å²) in [6.07, 6.45) is 0.0649. The van der Waals surface area contributed by atoms with E-state index in [2.05, 4.69) is 5.32 Å². The third-order valence-corrected chi connectivity index (χ3v) is 3.23. The van der Waals surface area contributed by atoms with Crippen LogP contribution in [0.5, 0.6) is 5.75 Å². The molecule has 0 saturated carbocycles. The summed E-state index contributed by atoms with van der Waals surface area (Å²) in [5, 5.41) is 11.5. The summed E-state index contributed by atoms with van der Waals surface area (Å²) < 4.78 is 32.1. The van der Waals surface area contributed by atoms with Gasteiger partial charge < -0.3 is 15.2 Å². The molecule has 0 aliphatic carbocycles. The number of halogens is 2. The van der Waals surface area contributed by atoms with Crippen molar-refractivity contribution in [2.45, 2.75) is 13.0 Å². The van der Waals surface area contributed by atoms with E-state index in [1.165, 1.54) is 18.2 Å². The summed E-state index contributed by atoms with van der Waals surface area (Å²) in [4.78, 5) is 11.6. The smallest absolute Gasteiger partial charge is 0.257 e. The number of rotatable bonds is 7. The van der Waals surface area contributed by atoms with Gasteiger partial charge in [0.1, 0.15) is 17.4 Å². The van der Waals surface area contributed by atoms with E-state index < -0.39 is 11.6 Å². The Labute approximate surface area is 132 Å². The number of nitrogens with one attached hydrogen (secondary N) is 1. The molecule has 0 atom stereocenters. The molecule has 0 heterocycles. The van der Waals surface area contributed by atoms with Crippen molar-refractivity contribution < 1.29 is 23.4 Å². The number of hydrogen-bond donors (Lipinski definition) is 2. The van der Waals surface area contributed by atoms with Crippen LogP contribution >= 0.6 is 0 Å². The van der Waals surface area contributed by atoms with Crippen LogP contribution in [0.2, 0.25) is 0 Å². The molecule has 122 valence electrons. The SMILES string of the molecule is O=C(COc1ccc(CO)cc1)NCCc1c(F)cccc1F. The minimum atomic E-state index is -0.625. The maximum atomic E-state index is 13.4. The fourth-order valence-corrected chi connectivity index (χ4v) is 1.99. The summed E-state index contributed by atoms with van der Waals surface area (Å²) in [7, 11) is 0. The van der Waals surface area contributed by atoms with Gasteiger partial charge in [-0.1, -0.05) is 18.2 Å². The molecule has 0 saturated heterocycles. The molecule has 0 spiro atoms. The molecule has 0 fully saturated rings. The zero-order chi connectivity index (χ0) is 16.7. The monoisotopic (exact) mass is 321 g/mol. The van der Waals surface area contributed by atoms with Crippen molar-refractivity contribution in [1.29, 1.82) is 0 Å². The largest absolute Gasteiger partial charge is 0.484 e. The van der Waals surface area contributed by atoms with Gasteiger partial charge in [-0.05, 0) is 36.2 Å². The van der Waals surface area contributed by atoms with Crippen molar-refractivity contribution >= 4 is 5.91 Å². The molecule has 0 bridgehead atoms. The predicted molar refractivity (Wildman–Crippen MR) is 80.9 cm³/mol. The average Bonchev–Trinajstić information content (AvgIpc) is 2.56. The molecule has 6 heteroatoms. The van der Waals surface area contributed by atoms with Gasteiger partial charge in [0, 0.05) is 12.1 Å². The van der Waals surface area contributed by atoms with E-state index in [1.54, 1.807) is 24.3 Å². The van der Waals surface area contributed by atoms with E-state index in [4.69, 9.17) is 9.84 Å². The zero-order valence-corrected chi connectivity index (χ0v) is 12.4. The Hall–Kier alpha value is -2.47. The van der Waals surface area contributed by atoms with Crippen LogP contribution in [0.15, 0.2) is 42.5 Å². The normalized spacial score (nSPS) is 10.4. The van der Waals surface area contributed by atoms with E-state index >= 15 is 0 Å². The topological polar surface area (TPSA) is 58.6 Å². The lowest BCUT2D eigenvalue weighted by Gasteiger charge is -2.09. The van der Waals surface area contributed by atoms with Gasteiger partial charge in [-0.2, -0.15) is 0 Å². The average molecular weight is 321 g/mol. The standard InChI is InChI=1S/C17H17F2NO3/c18-15-2-1-3-16(19)14(15)8-9-20-17(22)11-23-13-6-4-12(10-21)5-7-13/h1-7,21H,8-11H2,(H,20,22). The number of aliphatic hydroxyl groups excluding tert-OH is 1. The molecule has 0 aromatic heterocycles. The van der Waals surface area contributed by atoms with Crippen LogP contribution in [0.25, 0.3) is 0 Å².